The van der Waals surface area contributed by atoms with E-state index in [2.05, 4.69) is 10.6 Å². The molecule has 0 bridgehead atoms. The summed E-state index contributed by atoms with van der Waals surface area (Å²) in [5.41, 5.74) is 2.80. The molecule has 7 heteroatoms. The molecule has 0 saturated heterocycles. The van der Waals surface area contributed by atoms with Gasteiger partial charge in [0, 0.05) is 18.1 Å². The van der Waals surface area contributed by atoms with Gasteiger partial charge in [-0.25, -0.2) is 0 Å². The average Bonchev–Trinajstić information content (AvgIpc) is 2.81. The molecule has 0 aliphatic carbocycles. The SMILES string of the molecule is CNC(=O)[C@H](N[C@H](CCc1ccc(C(F)(F)F)cc1)c1ccc(Cl)c(C)c1)c1ccccc1. The molecule has 174 valence electrons. The van der Waals surface area contributed by atoms with Crippen molar-refractivity contribution in [1.82, 2.24) is 10.6 Å². The highest BCUT2D eigenvalue weighted by molar-refractivity contribution is 6.31. The minimum Gasteiger partial charge on any atom is -0.358 e. The summed E-state index contributed by atoms with van der Waals surface area (Å²) in [6, 6.07) is 19.5. The van der Waals surface area contributed by atoms with Gasteiger partial charge >= 0.3 is 6.18 Å². The van der Waals surface area contributed by atoms with E-state index < -0.39 is 17.8 Å². The molecule has 3 rings (SSSR count). The van der Waals surface area contributed by atoms with Crippen LogP contribution in [0.15, 0.2) is 72.8 Å². The van der Waals surface area contributed by atoms with E-state index in [4.69, 9.17) is 11.6 Å². The number of hydrogen-bond acceptors (Lipinski definition) is 2. The van der Waals surface area contributed by atoms with Gasteiger partial charge in [-0.2, -0.15) is 13.2 Å². The summed E-state index contributed by atoms with van der Waals surface area (Å²) in [4.78, 5) is 12.7. The van der Waals surface area contributed by atoms with Gasteiger partial charge in [-0.15, -0.1) is 0 Å². The third-order valence-corrected chi connectivity index (χ3v) is 6.02. The number of hydrogen-bond donors (Lipinski definition) is 2. The molecule has 0 fully saturated rings. The van der Waals surface area contributed by atoms with Crippen molar-refractivity contribution in [1.29, 1.82) is 0 Å². The standard InChI is InChI=1S/C26H26ClF3N2O/c1-17-16-20(11-14-22(17)27)23(15-10-18-8-12-21(13-9-18)26(28,29)30)32-24(25(33)31-2)19-6-4-3-5-7-19/h3-9,11-14,16,23-24,32H,10,15H2,1-2H3,(H,31,33)/t23-,24-/m1/s1. The summed E-state index contributed by atoms with van der Waals surface area (Å²) < 4.78 is 38.6. The number of carbonyl (C=O) groups excluding carboxylic acids is 1. The third-order valence-electron chi connectivity index (χ3n) is 5.60. The molecule has 3 aromatic carbocycles. The van der Waals surface area contributed by atoms with Gasteiger partial charge in [-0.05, 0) is 60.2 Å². The molecule has 3 nitrogen and oxygen atoms in total. The van der Waals surface area contributed by atoms with E-state index in [0.717, 1.165) is 34.4 Å². The lowest BCUT2D eigenvalue weighted by atomic mass is 9.95. The first-order valence-electron chi connectivity index (χ1n) is 10.6. The Labute approximate surface area is 197 Å². The third kappa shape index (κ3) is 6.59. The van der Waals surface area contributed by atoms with Crippen LogP contribution in [0.5, 0.6) is 0 Å². The molecule has 33 heavy (non-hydrogen) atoms. The van der Waals surface area contributed by atoms with Gasteiger partial charge in [-0.1, -0.05) is 66.2 Å². The molecule has 1 amide bonds. The van der Waals surface area contributed by atoms with Crippen LogP contribution in [-0.4, -0.2) is 13.0 Å². The Balaban J connectivity index is 1.87. The monoisotopic (exact) mass is 474 g/mol. The lowest BCUT2D eigenvalue weighted by Crippen LogP contribution is -2.38. The second-order valence-corrected chi connectivity index (χ2v) is 8.33. The zero-order valence-electron chi connectivity index (χ0n) is 18.4. The summed E-state index contributed by atoms with van der Waals surface area (Å²) >= 11 is 6.21. The maximum absolute atomic E-state index is 12.9. The van der Waals surface area contributed by atoms with Gasteiger partial charge in [-0.3, -0.25) is 10.1 Å². The topological polar surface area (TPSA) is 41.1 Å². The molecule has 0 spiro atoms. The second-order valence-electron chi connectivity index (χ2n) is 7.92. The molecular weight excluding hydrogens is 449 g/mol. The van der Waals surface area contributed by atoms with Crippen LogP contribution in [-0.2, 0) is 17.4 Å². The Morgan fingerprint density at radius 1 is 0.970 bits per heavy atom. The first-order valence-corrected chi connectivity index (χ1v) is 11.0. The van der Waals surface area contributed by atoms with Crippen molar-refractivity contribution in [3.8, 4) is 0 Å². The highest BCUT2D eigenvalue weighted by Gasteiger charge is 2.30. The molecule has 0 aromatic heterocycles. The normalized spacial score (nSPS) is 13.4. The van der Waals surface area contributed by atoms with Gasteiger partial charge in [0.15, 0.2) is 0 Å². The van der Waals surface area contributed by atoms with E-state index in [9.17, 15) is 18.0 Å². The molecule has 0 unspecified atom stereocenters. The smallest absolute Gasteiger partial charge is 0.358 e. The highest BCUT2D eigenvalue weighted by Crippen LogP contribution is 2.30. The van der Waals surface area contributed by atoms with E-state index in [1.165, 1.54) is 12.1 Å². The van der Waals surface area contributed by atoms with Crippen LogP contribution in [0.2, 0.25) is 5.02 Å². The minimum atomic E-state index is -4.36. The summed E-state index contributed by atoms with van der Waals surface area (Å²) in [6.45, 7) is 1.91. The number of nitrogens with one attached hydrogen (secondary N) is 2. The van der Waals surface area contributed by atoms with Crippen LogP contribution in [0.3, 0.4) is 0 Å². The fourth-order valence-electron chi connectivity index (χ4n) is 3.72. The Bertz CT molecular complexity index is 1070. The van der Waals surface area contributed by atoms with E-state index >= 15 is 0 Å². The first-order chi connectivity index (χ1) is 15.7. The molecule has 3 aromatic rings. The number of halogens is 4. The van der Waals surface area contributed by atoms with Gasteiger partial charge in [0.2, 0.25) is 5.91 Å². The molecule has 0 aliphatic rings. The van der Waals surface area contributed by atoms with E-state index in [1.54, 1.807) is 7.05 Å². The zero-order chi connectivity index (χ0) is 24.0. The molecule has 0 heterocycles. The van der Waals surface area contributed by atoms with Crippen molar-refractivity contribution in [3.63, 3.8) is 0 Å². The summed E-state index contributed by atoms with van der Waals surface area (Å²) in [5.74, 6) is -0.175. The summed E-state index contributed by atoms with van der Waals surface area (Å²) in [5, 5.41) is 6.81. The minimum absolute atomic E-state index is 0.175. The Morgan fingerprint density at radius 2 is 1.64 bits per heavy atom. The van der Waals surface area contributed by atoms with Crippen LogP contribution in [0.25, 0.3) is 0 Å². The van der Waals surface area contributed by atoms with Crippen molar-refractivity contribution in [2.45, 2.75) is 38.0 Å². The van der Waals surface area contributed by atoms with Crippen molar-refractivity contribution in [2.75, 3.05) is 7.05 Å². The predicted molar refractivity (Wildman–Crippen MR) is 125 cm³/mol. The number of rotatable bonds is 8. The van der Waals surface area contributed by atoms with Crippen molar-refractivity contribution >= 4 is 17.5 Å². The molecule has 0 saturated carbocycles. The Kier molecular flexibility index (Phi) is 8.16. The van der Waals surface area contributed by atoms with Crippen LogP contribution < -0.4 is 10.6 Å². The van der Waals surface area contributed by atoms with E-state index in [0.29, 0.717) is 17.9 Å². The molecule has 0 radical (unpaired) electrons. The highest BCUT2D eigenvalue weighted by atomic mass is 35.5. The fraction of sp³-hybridized carbons (Fsp3) is 0.269. The lowest BCUT2D eigenvalue weighted by Gasteiger charge is -2.26. The van der Waals surface area contributed by atoms with Crippen LogP contribution in [0.1, 0.15) is 46.3 Å². The van der Waals surface area contributed by atoms with Crippen molar-refractivity contribution in [3.05, 3.63) is 106 Å². The number of benzene rings is 3. The van der Waals surface area contributed by atoms with Gasteiger partial charge in [0.1, 0.15) is 6.04 Å². The second kappa shape index (κ2) is 10.9. The molecule has 2 N–H and O–H groups in total. The van der Waals surface area contributed by atoms with Crippen LogP contribution >= 0.6 is 11.6 Å². The van der Waals surface area contributed by atoms with Crippen molar-refractivity contribution in [2.24, 2.45) is 0 Å². The summed E-state index contributed by atoms with van der Waals surface area (Å²) in [7, 11) is 1.59. The largest absolute Gasteiger partial charge is 0.416 e. The summed E-state index contributed by atoms with van der Waals surface area (Å²) in [6.07, 6.45) is -3.25. The molecule has 0 aliphatic heterocycles. The Hall–Kier alpha value is -2.83. The van der Waals surface area contributed by atoms with Crippen molar-refractivity contribution < 1.29 is 18.0 Å². The molecule has 2 atom stereocenters. The predicted octanol–water partition coefficient (Wildman–Crippen LogP) is 6.42. The zero-order valence-corrected chi connectivity index (χ0v) is 19.2. The average molecular weight is 475 g/mol. The van der Waals surface area contributed by atoms with Gasteiger partial charge in [0.05, 0.1) is 5.56 Å². The lowest BCUT2D eigenvalue weighted by molar-refractivity contribution is -0.137. The number of amides is 1. The van der Waals surface area contributed by atoms with Gasteiger partial charge in [0.25, 0.3) is 0 Å². The number of aryl methyl sites for hydroxylation is 2. The van der Waals surface area contributed by atoms with Gasteiger partial charge < -0.3 is 5.32 Å². The van der Waals surface area contributed by atoms with Crippen LogP contribution in [0, 0.1) is 6.92 Å². The number of carbonyl (C=O) groups is 1. The number of likely N-dealkylation sites (N-methyl/N-ethyl adjacent to an activating group) is 1. The maximum atomic E-state index is 12.9. The molecular formula is C26H26ClF3N2O. The van der Waals surface area contributed by atoms with Crippen LogP contribution in [0.4, 0.5) is 13.2 Å². The van der Waals surface area contributed by atoms with E-state index in [1.807, 2.05) is 55.5 Å². The Morgan fingerprint density at radius 3 is 2.21 bits per heavy atom. The maximum Gasteiger partial charge on any atom is 0.416 e. The fourth-order valence-corrected chi connectivity index (χ4v) is 3.83. The van der Waals surface area contributed by atoms with E-state index in [-0.39, 0.29) is 11.9 Å². The number of alkyl halides is 3. The first kappa shape index (κ1) is 24.8. The quantitative estimate of drug-likeness (QED) is 0.395.